The molecule has 0 bridgehead atoms. The van der Waals surface area contributed by atoms with E-state index in [2.05, 4.69) is 11.8 Å². The Bertz CT molecular complexity index is 839. The summed E-state index contributed by atoms with van der Waals surface area (Å²) < 4.78 is 6.56. The summed E-state index contributed by atoms with van der Waals surface area (Å²) in [6.07, 6.45) is 12.8. The minimum atomic E-state index is -0.402. The molecule has 4 rings (SSSR count). The van der Waals surface area contributed by atoms with Gasteiger partial charge in [-0.1, -0.05) is 76.1 Å². The topological polar surface area (TPSA) is 46.6 Å². The van der Waals surface area contributed by atoms with E-state index in [1.807, 2.05) is 18.2 Å². The zero-order valence-electron chi connectivity index (χ0n) is 18.8. The Kier molecular flexibility index (Phi) is 7.55. The van der Waals surface area contributed by atoms with Gasteiger partial charge in [-0.2, -0.15) is 0 Å². The number of nitrogens with zero attached hydrogens (tertiary/aromatic N) is 1. The molecule has 1 aromatic rings. The van der Waals surface area contributed by atoms with Crippen LogP contribution in [0.15, 0.2) is 29.2 Å². The number of hydrogen-bond acceptors (Lipinski definition) is 5. The van der Waals surface area contributed by atoms with Crippen molar-refractivity contribution in [1.82, 2.24) is 4.90 Å². The third kappa shape index (κ3) is 5.09. The van der Waals surface area contributed by atoms with E-state index in [1.54, 1.807) is 6.07 Å². The second kappa shape index (κ2) is 10.4. The molecule has 2 heterocycles. The van der Waals surface area contributed by atoms with E-state index < -0.39 is 11.6 Å². The molecule has 1 spiro atoms. The van der Waals surface area contributed by atoms with Crippen molar-refractivity contribution in [3.8, 4) is 0 Å². The lowest BCUT2D eigenvalue weighted by atomic mass is 9.90. The molecule has 0 amide bonds. The van der Waals surface area contributed by atoms with E-state index >= 15 is 0 Å². The van der Waals surface area contributed by atoms with Crippen molar-refractivity contribution >= 4 is 29.1 Å². The Morgan fingerprint density at radius 3 is 2.26 bits per heavy atom. The van der Waals surface area contributed by atoms with Crippen LogP contribution in [0.3, 0.4) is 0 Å². The monoisotopic (exact) mass is 441 g/mol. The second-order valence-corrected chi connectivity index (χ2v) is 10.2. The molecule has 5 heteroatoms. The normalized spacial score (nSPS) is 20.5. The van der Waals surface area contributed by atoms with Gasteiger partial charge in [0.25, 0.3) is 0 Å². The third-order valence-electron chi connectivity index (χ3n) is 6.93. The number of thioether (sulfide) groups is 1. The lowest BCUT2D eigenvalue weighted by Gasteiger charge is -2.45. The Morgan fingerprint density at radius 2 is 1.55 bits per heavy atom. The molecule has 1 fully saturated rings. The lowest BCUT2D eigenvalue weighted by molar-refractivity contribution is -0.111. The maximum atomic E-state index is 12.6. The maximum Gasteiger partial charge on any atom is 0.243 e. The highest BCUT2D eigenvalue weighted by Crippen LogP contribution is 2.47. The number of rotatable bonds is 9. The number of piperidine rings is 1. The van der Waals surface area contributed by atoms with Gasteiger partial charge in [0.15, 0.2) is 0 Å². The number of carbonyl (C=O) groups excluding carboxylic acids is 2. The smallest absolute Gasteiger partial charge is 0.243 e. The number of ketones is 2. The van der Waals surface area contributed by atoms with Crippen molar-refractivity contribution in [1.29, 1.82) is 0 Å². The Morgan fingerprint density at radius 1 is 0.903 bits per heavy atom. The van der Waals surface area contributed by atoms with Crippen LogP contribution in [-0.4, -0.2) is 47.5 Å². The van der Waals surface area contributed by atoms with Gasteiger partial charge in [0.2, 0.25) is 11.6 Å². The van der Waals surface area contributed by atoms with Gasteiger partial charge in [-0.15, -0.1) is 11.8 Å². The molecule has 31 heavy (non-hydrogen) atoms. The lowest BCUT2D eigenvalue weighted by Crippen LogP contribution is -2.49. The number of hydrogen-bond donors (Lipinski definition) is 0. The summed E-state index contributed by atoms with van der Waals surface area (Å²) >= 11 is 1.53. The predicted molar refractivity (Wildman–Crippen MR) is 127 cm³/mol. The molecule has 0 saturated carbocycles. The SMILES string of the molecule is CCCCCCCCCCN1CCC2(CC1)CSC1=C(O2)c2ccccc2C(=O)C1=O. The highest BCUT2D eigenvalue weighted by atomic mass is 32.2. The van der Waals surface area contributed by atoms with Gasteiger partial charge in [0.05, 0.1) is 0 Å². The first-order chi connectivity index (χ1) is 15.1. The van der Waals surface area contributed by atoms with E-state index in [0.29, 0.717) is 16.2 Å². The van der Waals surface area contributed by atoms with Crippen LogP contribution < -0.4 is 0 Å². The van der Waals surface area contributed by atoms with Crippen LogP contribution in [-0.2, 0) is 9.53 Å². The van der Waals surface area contributed by atoms with E-state index in [0.717, 1.165) is 37.2 Å². The van der Waals surface area contributed by atoms with Crippen molar-refractivity contribution in [3.05, 3.63) is 40.3 Å². The summed E-state index contributed by atoms with van der Waals surface area (Å²) in [5, 5.41) is 0. The van der Waals surface area contributed by atoms with Crippen LogP contribution in [0.4, 0.5) is 0 Å². The average molecular weight is 442 g/mol. The Balaban J connectivity index is 1.27. The minimum absolute atomic E-state index is 0.215. The summed E-state index contributed by atoms with van der Waals surface area (Å²) in [6.45, 7) is 5.55. The molecule has 0 aromatic heterocycles. The predicted octanol–water partition coefficient (Wildman–Crippen LogP) is 5.86. The summed E-state index contributed by atoms with van der Waals surface area (Å²) in [5.41, 5.74) is 1.05. The first kappa shape index (κ1) is 22.6. The van der Waals surface area contributed by atoms with Crippen molar-refractivity contribution in [3.63, 3.8) is 0 Å². The van der Waals surface area contributed by atoms with Crippen LogP contribution in [0.1, 0.15) is 87.1 Å². The van der Waals surface area contributed by atoms with Crippen molar-refractivity contribution in [2.45, 2.75) is 76.7 Å². The van der Waals surface area contributed by atoms with E-state index in [-0.39, 0.29) is 5.60 Å². The van der Waals surface area contributed by atoms with E-state index in [4.69, 9.17) is 4.74 Å². The summed E-state index contributed by atoms with van der Waals surface area (Å²) in [6, 6.07) is 7.37. The Hall–Kier alpha value is -1.59. The van der Waals surface area contributed by atoms with Gasteiger partial charge in [0.1, 0.15) is 16.3 Å². The number of fused-ring (bicyclic) bond motifs is 2. The van der Waals surface area contributed by atoms with Gasteiger partial charge in [-0.05, 0) is 13.0 Å². The number of allylic oxidation sites excluding steroid dienone is 1. The standard InChI is InChI=1S/C26H35NO3S/c1-2-3-4-5-6-7-8-11-16-27-17-14-26(15-18-27)19-31-25-23(29)22(28)20-12-9-10-13-21(20)24(25)30-26/h9-10,12-13H,2-8,11,14-19H2,1H3. The molecule has 0 unspecified atom stereocenters. The van der Waals surface area contributed by atoms with E-state index in [9.17, 15) is 9.59 Å². The number of benzene rings is 1. The second-order valence-electron chi connectivity index (χ2n) is 9.25. The van der Waals surface area contributed by atoms with Crippen LogP contribution >= 0.6 is 11.8 Å². The molecule has 0 N–H and O–H groups in total. The quantitative estimate of drug-likeness (QED) is 0.355. The van der Waals surface area contributed by atoms with Crippen LogP contribution in [0, 0.1) is 0 Å². The van der Waals surface area contributed by atoms with Crippen molar-refractivity contribution in [2.75, 3.05) is 25.4 Å². The highest BCUT2D eigenvalue weighted by Gasteiger charge is 2.45. The van der Waals surface area contributed by atoms with Crippen molar-refractivity contribution < 1.29 is 14.3 Å². The maximum absolute atomic E-state index is 12.6. The third-order valence-corrected chi connectivity index (χ3v) is 8.26. The van der Waals surface area contributed by atoms with Crippen LogP contribution in [0.5, 0.6) is 0 Å². The molecule has 168 valence electrons. The Labute approximate surface area is 190 Å². The largest absolute Gasteiger partial charge is 0.484 e. The number of likely N-dealkylation sites (tertiary alicyclic amines) is 1. The molecule has 0 radical (unpaired) electrons. The first-order valence-corrected chi connectivity index (χ1v) is 13.1. The number of Topliss-reactive ketones (excluding diaryl/α,β-unsaturated/α-hetero) is 2. The zero-order valence-corrected chi connectivity index (χ0v) is 19.6. The molecular weight excluding hydrogens is 406 g/mol. The molecule has 1 aromatic carbocycles. The molecule has 4 nitrogen and oxygen atoms in total. The van der Waals surface area contributed by atoms with Crippen LogP contribution in [0.25, 0.3) is 5.76 Å². The zero-order chi connectivity index (χ0) is 21.7. The fraction of sp³-hybridized carbons (Fsp3) is 0.615. The van der Waals surface area contributed by atoms with Gasteiger partial charge < -0.3 is 9.64 Å². The van der Waals surface area contributed by atoms with Gasteiger partial charge in [-0.25, -0.2) is 0 Å². The molecule has 1 aliphatic carbocycles. The fourth-order valence-electron chi connectivity index (χ4n) is 4.91. The number of carbonyl (C=O) groups is 2. The minimum Gasteiger partial charge on any atom is -0.484 e. The number of unbranched alkanes of at least 4 members (excludes halogenated alkanes) is 7. The van der Waals surface area contributed by atoms with Gasteiger partial charge in [-0.3, -0.25) is 9.59 Å². The van der Waals surface area contributed by atoms with Gasteiger partial charge in [0, 0.05) is 42.8 Å². The molecule has 3 aliphatic rings. The van der Waals surface area contributed by atoms with E-state index in [1.165, 1.54) is 69.7 Å². The molecule has 1 saturated heterocycles. The van der Waals surface area contributed by atoms with Gasteiger partial charge >= 0.3 is 0 Å². The molecular formula is C26H35NO3S. The highest BCUT2D eigenvalue weighted by molar-refractivity contribution is 8.04. The molecule has 2 aliphatic heterocycles. The summed E-state index contributed by atoms with van der Waals surface area (Å²) in [4.78, 5) is 28.1. The molecule has 0 atom stereocenters. The van der Waals surface area contributed by atoms with Crippen molar-refractivity contribution in [2.24, 2.45) is 0 Å². The average Bonchev–Trinajstić information content (AvgIpc) is 2.80. The summed E-state index contributed by atoms with van der Waals surface area (Å²) in [7, 11) is 0. The first-order valence-electron chi connectivity index (χ1n) is 12.1. The van der Waals surface area contributed by atoms with Crippen LogP contribution in [0.2, 0.25) is 0 Å². The summed E-state index contributed by atoms with van der Waals surface area (Å²) in [5.74, 6) is 0.605. The number of ether oxygens (including phenoxy) is 1. The fourth-order valence-corrected chi connectivity index (χ4v) is 6.17.